The van der Waals surface area contributed by atoms with E-state index in [1.165, 1.54) is 0 Å². The van der Waals surface area contributed by atoms with Crippen LogP contribution in [0.5, 0.6) is 0 Å². The van der Waals surface area contributed by atoms with E-state index < -0.39 is 0 Å². The van der Waals surface area contributed by atoms with Gasteiger partial charge in [0.1, 0.15) is 0 Å². The average molecular weight is 182 g/mol. The molecule has 6 heteroatoms. The van der Waals surface area contributed by atoms with Crippen molar-refractivity contribution < 1.29 is 0 Å². The van der Waals surface area contributed by atoms with Crippen LogP contribution in [0.15, 0.2) is 10.1 Å². The third-order valence-corrected chi connectivity index (χ3v) is 2.02. The van der Waals surface area contributed by atoms with E-state index in [0.29, 0.717) is 19.0 Å². The molecule has 0 bridgehead atoms. The lowest BCUT2D eigenvalue weighted by Gasteiger charge is -2.24. The largest absolute Gasteiger partial charge is 0.370 e. The van der Waals surface area contributed by atoms with Gasteiger partial charge in [0.25, 0.3) is 0 Å². The second kappa shape index (κ2) is 4.57. The second-order valence-corrected chi connectivity index (χ2v) is 2.96. The maximum atomic E-state index is 8.18. The monoisotopic (exact) mass is 182 g/mol. The molecule has 0 saturated carbocycles. The highest BCUT2D eigenvalue weighted by Gasteiger charge is 2.23. The van der Waals surface area contributed by atoms with Gasteiger partial charge in [0.05, 0.1) is 12.6 Å². The van der Waals surface area contributed by atoms with Crippen molar-refractivity contribution in [3.8, 4) is 0 Å². The van der Waals surface area contributed by atoms with Crippen molar-refractivity contribution in [1.29, 1.82) is 0 Å². The first-order valence-corrected chi connectivity index (χ1v) is 4.37. The SMILES string of the molecule is CCCN1C(N)=NCC1CN=[N+]=[N-]. The van der Waals surface area contributed by atoms with Gasteiger partial charge in [-0.05, 0) is 12.0 Å². The zero-order chi connectivity index (χ0) is 9.68. The Morgan fingerprint density at radius 1 is 1.85 bits per heavy atom. The fourth-order valence-corrected chi connectivity index (χ4v) is 1.40. The van der Waals surface area contributed by atoms with Gasteiger partial charge >= 0.3 is 0 Å². The molecule has 0 aliphatic carbocycles. The molecule has 0 aromatic carbocycles. The van der Waals surface area contributed by atoms with Crippen molar-refractivity contribution in [2.45, 2.75) is 19.4 Å². The highest BCUT2D eigenvalue weighted by Crippen LogP contribution is 2.09. The van der Waals surface area contributed by atoms with Crippen molar-refractivity contribution in [1.82, 2.24) is 4.90 Å². The van der Waals surface area contributed by atoms with Crippen LogP contribution in [0.3, 0.4) is 0 Å². The summed E-state index contributed by atoms with van der Waals surface area (Å²) in [5, 5.41) is 3.53. The van der Waals surface area contributed by atoms with Gasteiger partial charge < -0.3 is 10.6 Å². The van der Waals surface area contributed by atoms with Crippen molar-refractivity contribution in [3.63, 3.8) is 0 Å². The predicted octanol–water partition coefficient (Wildman–Crippen LogP) is 0.706. The van der Waals surface area contributed by atoms with Gasteiger partial charge in [-0.3, -0.25) is 4.99 Å². The highest BCUT2D eigenvalue weighted by atomic mass is 15.3. The van der Waals surface area contributed by atoms with Crippen LogP contribution in [0, 0.1) is 0 Å². The summed E-state index contributed by atoms with van der Waals surface area (Å²) in [7, 11) is 0. The number of azide groups is 1. The molecule has 0 aromatic rings. The summed E-state index contributed by atoms with van der Waals surface area (Å²) in [6.45, 7) is 4.04. The van der Waals surface area contributed by atoms with E-state index in [-0.39, 0.29) is 6.04 Å². The van der Waals surface area contributed by atoms with Crippen LogP contribution in [0.1, 0.15) is 13.3 Å². The molecular formula is C7H14N6. The van der Waals surface area contributed by atoms with Crippen molar-refractivity contribution >= 4 is 5.96 Å². The summed E-state index contributed by atoms with van der Waals surface area (Å²) in [4.78, 5) is 8.83. The Kier molecular flexibility index (Phi) is 3.40. The Morgan fingerprint density at radius 2 is 2.62 bits per heavy atom. The summed E-state index contributed by atoms with van der Waals surface area (Å²) < 4.78 is 0. The summed E-state index contributed by atoms with van der Waals surface area (Å²) in [5.74, 6) is 0.569. The van der Waals surface area contributed by atoms with Crippen LogP contribution in [-0.2, 0) is 0 Å². The minimum Gasteiger partial charge on any atom is -0.370 e. The van der Waals surface area contributed by atoms with E-state index in [9.17, 15) is 0 Å². The third kappa shape index (κ3) is 2.26. The summed E-state index contributed by atoms with van der Waals surface area (Å²) in [6, 6.07) is 0.163. The maximum Gasteiger partial charge on any atom is 0.191 e. The fourth-order valence-electron chi connectivity index (χ4n) is 1.40. The Labute approximate surface area is 77.1 Å². The average Bonchev–Trinajstić information content (AvgIpc) is 2.46. The third-order valence-electron chi connectivity index (χ3n) is 2.02. The summed E-state index contributed by atoms with van der Waals surface area (Å²) >= 11 is 0. The standard InChI is InChI=1S/C7H14N6/c1-2-3-13-6(5-11-12-9)4-10-7(13)8/h6H,2-5H2,1H3,(H2,8,10). The Bertz CT molecular complexity index is 241. The lowest BCUT2D eigenvalue weighted by molar-refractivity contribution is 0.345. The molecule has 1 rings (SSSR count). The first-order chi connectivity index (χ1) is 6.29. The molecule has 0 fully saturated rings. The van der Waals surface area contributed by atoms with Gasteiger partial charge in [0.15, 0.2) is 5.96 Å². The normalized spacial score (nSPS) is 21.2. The van der Waals surface area contributed by atoms with Crippen molar-refractivity contribution in [2.24, 2.45) is 15.8 Å². The molecule has 0 radical (unpaired) electrons. The molecule has 1 atom stereocenters. The van der Waals surface area contributed by atoms with E-state index in [1.807, 2.05) is 4.90 Å². The Balaban J connectivity index is 2.52. The molecule has 6 nitrogen and oxygen atoms in total. The van der Waals surface area contributed by atoms with Crippen LogP contribution in [0.25, 0.3) is 10.4 Å². The van der Waals surface area contributed by atoms with Crippen LogP contribution < -0.4 is 5.73 Å². The quantitative estimate of drug-likeness (QED) is 0.394. The number of aliphatic imine (C=N–C) groups is 1. The molecule has 1 aliphatic rings. The highest BCUT2D eigenvalue weighted by molar-refractivity contribution is 5.80. The van der Waals surface area contributed by atoms with Gasteiger partial charge in [0, 0.05) is 18.0 Å². The number of guanidine groups is 1. The van der Waals surface area contributed by atoms with Gasteiger partial charge in [-0.1, -0.05) is 12.0 Å². The molecule has 0 spiro atoms. The van der Waals surface area contributed by atoms with E-state index >= 15 is 0 Å². The first kappa shape index (κ1) is 9.67. The van der Waals surface area contributed by atoms with E-state index in [2.05, 4.69) is 21.9 Å². The predicted molar refractivity (Wildman–Crippen MR) is 51.3 cm³/mol. The van der Waals surface area contributed by atoms with Gasteiger partial charge in [-0.25, -0.2) is 0 Å². The maximum absolute atomic E-state index is 8.18. The lowest BCUT2D eigenvalue weighted by Crippen LogP contribution is -2.42. The topological polar surface area (TPSA) is 90.4 Å². The zero-order valence-electron chi connectivity index (χ0n) is 7.72. The number of nitrogens with zero attached hydrogens (tertiary/aromatic N) is 5. The number of rotatable bonds is 4. The van der Waals surface area contributed by atoms with Crippen LogP contribution in [0.2, 0.25) is 0 Å². The van der Waals surface area contributed by atoms with E-state index in [1.54, 1.807) is 0 Å². The van der Waals surface area contributed by atoms with Crippen molar-refractivity contribution in [2.75, 3.05) is 19.6 Å². The number of nitrogens with two attached hydrogens (primary N) is 1. The smallest absolute Gasteiger partial charge is 0.191 e. The molecule has 72 valence electrons. The summed E-state index contributed by atoms with van der Waals surface area (Å²) in [5.41, 5.74) is 13.8. The molecule has 0 aromatic heterocycles. The van der Waals surface area contributed by atoms with Gasteiger partial charge in [-0.15, -0.1) is 0 Å². The first-order valence-electron chi connectivity index (χ1n) is 4.37. The van der Waals surface area contributed by atoms with Crippen molar-refractivity contribution in [3.05, 3.63) is 10.4 Å². The molecule has 1 aliphatic heterocycles. The minimum absolute atomic E-state index is 0.163. The minimum atomic E-state index is 0.163. The van der Waals surface area contributed by atoms with Gasteiger partial charge in [0.2, 0.25) is 0 Å². The second-order valence-electron chi connectivity index (χ2n) is 2.96. The zero-order valence-corrected chi connectivity index (χ0v) is 7.72. The molecule has 2 N–H and O–H groups in total. The molecule has 13 heavy (non-hydrogen) atoms. The van der Waals surface area contributed by atoms with Gasteiger partial charge in [-0.2, -0.15) is 0 Å². The van der Waals surface area contributed by atoms with Crippen LogP contribution >= 0.6 is 0 Å². The Morgan fingerprint density at radius 3 is 3.23 bits per heavy atom. The van der Waals surface area contributed by atoms with Crippen LogP contribution in [-0.4, -0.2) is 36.5 Å². The van der Waals surface area contributed by atoms with Crippen LogP contribution in [0.4, 0.5) is 0 Å². The molecule has 1 heterocycles. The van der Waals surface area contributed by atoms with E-state index in [4.69, 9.17) is 11.3 Å². The number of hydrogen-bond donors (Lipinski definition) is 1. The summed E-state index contributed by atoms with van der Waals surface area (Å²) in [6.07, 6.45) is 1.02. The molecule has 1 unspecified atom stereocenters. The molecular weight excluding hydrogens is 168 g/mol. The molecule has 0 amide bonds. The Hall–Kier alpha value is -1.42. The lowest BCUT2D eigenvalue weighted by atomic mass is 10.2. The molecule has 0 saturated heterocycles. The number of hydrogen-bond acceptors (Lipinski definition) is 4. The fraction of sp³-hybridized carbons (Fsp3) is 0.857. The van der Waals surface area contributed by atoms with E-state index in [0.717, 1.165) is 13.0 Å².